The van der Waals surface area contributed by atoms with Crippen LogP contribution in [0.25, 0.3) is 5.69 Å². The molecular weight excluding hydrogens is 395 g/mol. The van der Waals surface area contributed by atoms with Crippen LogP contribution in [0.3, 0.4) is 0 Å². The largest absolute Gasteiger partial charge is 0.477 e. The Morgan fingerprint density at radius 3 is 2.11 bits per heavy atom. The van der Waals surface area contributed by atoms with Gasteiger partial charge in [0.05, 0.1) is 5.69 Å². The van der Waals surface area contributed by atoms with E-state index in [1.165, 1.54) is 30.3 Å². The van der Waals surface area contributed by atoms with Crippen LogP contribution in [0.4, 0.5) is 0 Å². The number of hydrogen-bond donors (Lipinski definition) is 2. The van der Waals surface area contributed by atoms with E-state index in [1.807, 2.05) is 4.98 Å². The highest BCUT2D eigenvalue weighted by Crippen LogP contribution is 2.22. The Morgan fingerprint density at radius 2 is 1.56 bits per heavy atom. The van der Waals surface area contributed by atoms with E-state index in [9.17, 15) is 24.3 Å². The van der Waals surface area contributed by atoms with E-state index in [2.05, 4.69) is 0 Å². The number of hydrogen-bond acceptors (Lipinski definition) is 4. The summed E-state index contributed by atoms with van der Waals surface area (Å²) in [4.78, 5) is 51.3. The van der Waals surface area contributed by atoms with Crippen LogP contribution < -0.4 is 11.2 Å². The first kappa shape index (κ1) is 18.6. The van der Waals surface area contributed by atoms with Crippen molar-refractivity contribution in [2.75, 3.05) is 0 Å². The lowest BCUT2D eigenvalue weighted by Gasteiger charge is -2.13. The molecule has 9 heteroatoms. The first-order chi connectivity index (χ1) is 12.8. The lowest BCUT2D eigenvalue weighted by atomic mass is 10.0. The topological polar surface area (TPSA) is 109 Å². The summed E-state index contributed by atoms with van der Waals surface area (Å²) in [6.07, 6.45) is 0. The predicted molar refractivity (Wildman–Crippen MR) is 99.5 cm³/mol. The summed E-state index contributed by atoms with van der Waals surface area (Å²) in [5.41, 5.74) is -3.51. The Balaban J connectivity index is 2.40. The molecule has 3 rings (SSSR count). The van der Waals surface area contributed by atoms with Gasteiger partial charge >= 0.3 is 11.7 Å². The zero-order valence-corrected chi connectivity index (χ0v) is 14.9. The van der Waals surface area contributed by atoms with E-state index in [0.717, 1.165) is 0 Å². The van der Waals surface area contributed by atoms with Gasteiger partial charge in [0.25, 0.3) is 5.56 Å². The normalized spacial score (nSPS) is 10.6. The first-order valence-electron chi connectivity index (χ1n) is 7.48. The van der Waals surface area contributed by atoms with Gasteiger partial charge in [0.2, 0.25) is 5.78 Å². The predicted octanol–water partition coefficient (Wildman–Crippen LogP) is 2.76. The van der Waals surface area contributed by atoms with Crippen LogP contribution in [0.5, 0.6) is 0 Å². The monoisotopic (exact) mass is 404 g/mol. The fraction of sp³-hybridized carbons (Fsp3) is 0. The Bertz CT molecular complexity index is 1160. The molecule has 0 saturated heterocycles. The minimum atomic E-state index is -1.63. The van der Waals surface area contributed by atoms with Crippen LogP contribution in [0.1, 0.15) is 26.4 Å². The third-order valence-electron chi connectivity index (χ3n) is 3.68. The number of H-pyrrole nitrogens is 1. The second kappa shape index (κ2) is 7.22. The van der Waals surface area contributed by atoms with Crippen molar-refractivity contribution in [2.24, 2.45) is 0 Å². The molecule has 0 atom stereocenters. The number of ketones is 1. The standard InChI is InChI=1S/C18H10Cl2N2O5/c19-10-6-11(20)8-12(7-10)22-14(17(25)26)13(16(24)21-18(22)27)15(23)9-4-2-1-3-5-9/h1-8H,(H,25,26)(H,21,24,27). The molecule has 2 aromatic carbocycles. The van der Waals surface area contributed by atoms with Crippen molar-refractivity contribution < 1.29 is 14.7 Å². The number of carboxylic acid groups (broad SMARTS) is 1. The van der Waals surface area contributed by atoms with Crippen LogP contribution in [0.2, 0.25) is 10.0 Å². The number of aromatic amines is 1. The van der Waals surface area contributed by atoms with Crippen LogP contribution in [-0.4, -0.2) is 26.4 Å². The van der Waals surface area contributed by atoms with Gasteiger partial charge in [0.15, 0.2) is 5.69 Å². The number of halogens is 2. The molecule has 0 saturated carbocycles. The Hall–Kier alpha value is -3.16. The third-order valence-corrected chi connectivity index (χ3v) is 4.12. The number of nitrogens with zero attached hydrogens (tertiary/aromatic N) is 1. The van der Waals surface area contributed by atoms with E-state index in [0.29, 0.717) is 4.57 Å². The zero-order valence-electron chi connectivity index (χ0n) is 13.4. The summed E-state index contributed by atoms with van der Waals surface area (Å²) in [6, 6.07) is 11.6. The molecule has 1 heterocycles. The number of rotatable bonds is 4. The fourth-order valence-electron chi connectivity index (χ4n) is 2.60. The van der Waals surface area contributed by atoms with E-state index in [4.69, 9.17) is 23.2 Å². The molecule has 0 bridgehead atoms. The molecule has 136 valence electrons. The summed E-state index contributed by atoms with van der Waals surface area (Å²) in [5, 5.41) is 9.94. The molecular formula is C18H10Cl2N2O5. The fourth-order valence-corrected chi connectivity index (χ4v) is 3.11. The van der Waals surface area contributed by atoms with Gasteiger partial charge in [-0.25, -0.2) is 9.59 Å². The van der Waals surface area contributed by atoms with Crippen molar-refractivity contribution in [1.29, 1.82) is 0 Å². The van der Waals surface area contributed by atoms with Crippen molar-refractivity contribution in [3.63, 3.8) is 0 Å². The van der Waals surface area contributed by atoms with Crippen molar-refractivity contribution in [1.82, 2.24) is 9.55 Å². The van der Waals surface area contributed by atoms with Gasteiger partial charge in [0.1, 0.15) is 5.56 Å². The minimum absolute atomic E-state index is 0.00624. The molecule has 0 spiro atoms. The van der Waals surface area contributed by atoms with Crippen LogP contribution in [0.15, 0.2) is 58.1 Å². The summed E-state index contributed by atoms with van der Waals surface area (Å²) in [6.45, 7) is 0. The maximum atomic E-state index is 12.8. The average molecular weight is 405 g/mol. The molecule has 0 unspecified atom stereocenters. The molecule has 0 aliphatic carbocycles. The van der Waals surface area contributed by atoms with E-state index in [1.54, 1.807) is 18.2 Å². The average Bonchev–Trinajstić information content (AvgIpc) is 2.60. The summed E-state index contributed by atoms with van der Waals surface area (Å²) < 4.78 is 0.678. The molecule has 2 N–H and O–H groups in total. The second-order valence-corrected chi connectivity index (χ2v) is 6.32. The number of carbonyl (C=O) groups is 2. The third kappa shape index (κ3) is 3.55. The highest BCUT2D eigenvalue weighted by atomic mass is 35.5. The Labute approximate surface area is 161 Å². The molecule has 0 radical (unpaired) electrons. The Morgan fingerprint density at radius 1 is 0.963 bits per heavy atom. The number of carboxylic acids is 1. The number of benzene rings is 2. The van der Waals surface area contributed by atoms with Crippen LogP contribution in [0, 0.1) is 0 Å². The van der Waals surface area contributed by atoms with Gasteiger partial charge < -0.3 is 5.11 Å². The highest BCUT2D eigenvalue weighted by molar-refractivity contribution is 6.34. The lowest BCUT2D eigenvalue weighted by Crippen LogP contribution is -2.38. The van der Waals surface area contributed by atoms with E-state index < -0.39 is 34.3 Å². The van der Waals surface area contributed by atoms with Crippen molar-refractivity contribution in [2.45, 2.75) is 0 Å². The lowest BCUT2D eigenvalue weighted by molar-refractivity contribution is 0.0681. The molecule has 7 nitrogen and oxygen atoms in total. The summed E-state index contributed by atoms with van der Waals surface area (Å²) in [5.74, 6) is -2.47. The molecule has 3 aromatic rings. The zero-order chi connectivity index (χ0) is 19.7. The molecule has 0 aliphatic heterocycles. The second-order valence-electron chi connectivity index (χ2n) is 5.45. The van der Waals surface area contributed by atoms with Gasteiger partial charge in [-0.15, -0.1) is 0 Å². The number of aromatic carboxylic acids is 1. The molecule has 0 amide bonds. The Kier molecular flexibility index (Phi) is 4.98. The molecule has 0 fully saturated rings. The first-order valence-corrected chi connectivity index (χ1v) is 8.24. The van der Waals surface area contributed by atoms with Crippen molar-refractivity contribution in [3.05, 3.63) is 96.2 Å². The molecule has 0 aliphatic rings. The van der Waals surface area contributed by atoms with Gasteiger partial charge in [0, 0.05) is 15.6 Å². The number of aromatic nitrogens is 2. The summed E-state index contributed by atoms with van der Waals surface area (Å²) in [7, 11) is 0. The smallest absolute Gasteiger partial charge is 0.354 e. The number of nitrogens with one attached hydrogen (secondary N) is 1. The van der Waals surface area contributed by atoms with E-state index >= 15 is 0 Å². The quantitative estimate of drug-likeness (QED) is 0.649. The van der Waals surface area contributed by atoms with Gasteiger partial charge in [-0.2, -0.15) is 0 Å². The van der Waals surface area contributed by atoms with Gasteiger partial charge in [-0.3, -0.25) is 19.1 Å². The summed E-state index contributed by atoms with van der Waals surface area (Å²) >= 11 is 11.9. The highest BCUT2D eigenvalue weighted by Gasteiger charge is 2.27. The van der Waals surface area contributed by atoms with Crippen molar-refractivity contribution in [3.8, 4) is 5.69 Å². The molecule has 1 aromatic heterocycles. The van der Waals surface area contributed by atoms with E-state index in [-0.39, 0.29) is 21.3 Å². The van der Waals surface area contributed by atoms with Crippen LogP contribution in [-0.2, 0) is 0 Å². The maximum absolute atomic E-state index is 12.8. The maximum Gasteiger partial charge on any atom is 0.354 e. The van der Waals surface area contributed by atoms with Crippen molar-refractivity contribution >= 4 is 35.0 Å². The van der Waals surface area contributed by atoms with Gasteiger partial charge in [-0.05, 0) is 18.2 Å². The van der Waals surface area contributed by atoms with Gasteiger partial charge in [-0.1, -0.05) is 53.5 Å². The molecule has 27 heavy (non-hydrogen) atoms. The number of carbonyl (C=O) groups excluding carboxylic acids is 1. The van der Waals surface area contributed by atoms with Crippen LogP contribution >= 0.6 is 23.2 Å². The minimum Gasteiger partial charge on any atom is -0.477 e. The SMILES string of the molecule is O=C(c1ccccc1)c1c(C(=O)O)n(-c2cc(Cl)cc(Cl)c2)c(=O)[nH]c1=O.